The van der Waals surface area contributed by atoms with Gasteiger partial charge < -0.3 is 15.7 Å². The molecule has 1 aliphatic rings. The highest BCUT2D eigenvalue weighted by molar-refractivity contribution is 5.97. The van der Waals surface area contributed by atoms with Crippen LogP contribution in [-0.2, 0) is 0 Å². The molecule has 0 spiro atoms. The van der Waals surface area contributed by atoms with Crippen molar-refractivity contribution in [1.29, 1.82) is 0 Å². The highest BCUT2D eigenvalue weighted by atomic mass is 16.3. The number of benzene rings is 1. The number of nitrogens with two attached hydrogens (primary N) is 1. The molecule has 1 saturated heterocycles. The number of rotatable bonds is 3. The van der Waals surface area contributed by atoms with Crippen LogP contribution in [0.25, 0.3) is 0 Å². The van der Waals surface area contributed by atoms with E-state index in [0.717, 1.165) is 31.4 Å². The Morgan fingerprint density at radius 3 is 3.00 bits per heavy atom. The molecular formula is C15H22N2O2. The van der Waals surface area contributed by atoms with E-state index in [1.54, 1.807) is 0 Å². The van der Waals surface area contributed by atoms with Gasteiger partial charge in [0, 0.05) is 30.4 Å². The van der Waals surface area contributed by atoms with Crippen LogP contribution >= 0.6 is 0 Å². The van der Waals surface area contributed by atoms with Gasteiger partial charge in [-0.2, -0.15) is 0 Å². The van der Waals surface area contributed by atoms with Gasteiger partial charge in [0.2, 0.25) is 0 Å². The zero-order chi connectivity index (χ0) is 13.8. The first-order valence-electron chi connectivity index (χ1n) is 6.92. The lowest BCUT2D eigenvalue weighted by Crippen LogP contribution is -2.44. The van der Waals surface area contributed by atoms with Gasteiger partial charge in [-0.25, -0.2) is 0 Å². The van der Waals surface area contributed by atoms with E-state index in [0.29, 0.717) is 17.7 Å². The normalized spacial score (nSPS) is 19.5. The molecule has 0 aliphatic carbocycles. The molecule has 1 unspecified atom stereocenters. The first-order valence-corrected chi connectivity index (χ1v) is 6.92. The van der Waals surface area contributed by atoms with Gasteiger partial charge in [0.1, 0.15) is 0 Å². The predicted octanol–water partition coefficient (Wildman–Crippen LogP) is 1.95. The van der Waals surface area contributed by atoms with Gasteiger partial charge in [-0.1, -0.05) is 6.07 Å². The van der Waals surface area contributed by atoms with Crippen LogP contribution < -0.4 is 5.73 Å². The fraction of sp³-hybridized carbons (Fsp3) is 0.533. The van der Waals surface area contributed by atoms with Gasteiger partial charge in [-0.05, 0) is 50.3 Å². The van der Waals surface area contributed by atoms with Crippen molar-refractivity contribution >= 4 is 11.6 Å². The number of amides is 1. The maximum Gasteiger partial charge on any atom is 0.254 e. The maximum absolute atomic E-state index is 12.6. The molecule has 0 aromatic heterocycles. The topological polar surface area (TPSA) is 66.6 Å². The van der Waals surface area contributed by atoms with Crippen molar-refractivity contribution in [3.05, 3.63) is 29.3 Å². The van der Waals surface area contributed by atoms with E-state index in [4.69, 9.17) is 10.8 Å². The SMILES string of the molecule is Cc1c(N)cccc1C(=O)N1CCCCC1CCO. The molecule has 1 aromatic rings. The second-order valence-corrected chi connectivity index (χ2v) is 5.18. The third-order valence-corrected chi connectivity index (χ3v) is 3.96. The summed E-state index contributed by atoms with van der Waals surface area (Å²) in [7, 11) is 0. The fourth-order valence-corrected chi connectivity index (χ4v) is 2.76. The minimum absolute atomic E-state index is 0.0444. The average molecular weight is 262 g/mol. The number of anilines is 1. The van der Waals surface area contributed by atoms with Crippen molar-refractivity contribution in [2.75, 3.05) is 18.9 Å². The summed E-state index contributed by atoms with van der Waals surface area (Å²) in [5.74, 6) is 0.0444. The van der Waals surface area contributed by atoms with Gasteiger partial charge in [-0.3, -0.25) is 4.79 Å². The average Bonchev–Trinajstić information content (AvgIpc) is 2.42. The molecule has 1 aliphatic heterocycles. The minimum atomic E-state index is 0.0444. The van der Waals surface area contributed by atoms with Crippen molar-refractivity contribution in [3.8, 4) is 0 Å². The summed E-state index contributed by atoms with van der Waals surface area (Å²) in [6.45, 7) is 2.79. The molecule has 19 heavy (non-hydrogen) atoms. The molecular weight excluding hydrogens is 240 g/mol. The van der Waals surface area contributed by atoms with E-state index in [1.807, 2.05) is 30.0 Å². The third kappa shape index (κ3) is 2.89. The lowest BCUT2D eigenvalue weighted by atomic mass is 9.97. The second kappa shape index (κ2) is 6.06. The smallest absolute Gasteiger partial charge is 0.254 e. The number of nitrogen functional groups attached to an aromatic ring is 1. The molecule has 1 fully saturated rings. The lowest BCUT2D eigenvalue weighted by molar-refractivity contribution is 0.0574. The summed E-state index contributed by atoms with van der Waals surface area (Å²) in [4.78, 5) is 14.6. The molecule has 4 heteroatoms. The molecule has 0 radical (unpaired) electrons. The fourth-order valence-electron chi connectivity index (χ4n) is 2.76. The summed E-state index contributed by atoms with van der Waals surface area (Å²) in [5.41, 5.74) is 8.06. The van der Waals surface area contributed by atoms with E-state index < -0.39 is 0 Å². The van der Waals surface area contributed by atoms with Crippen LogP contribution in [0.1, 0.15) is 41.6 Å². The van der Waals surface area contributed by atoms with Crippen LogP contribution in [-0.4, -0.2) is 35.1 Å². The van der Waals surface area contributed by atoms with Crippen molar-refractivity contribution in [2.24, 2.45) is 0 Å². The van der Waals surface area contributed by atoms with Gasteiger partial charge in [-0.15, -0.1) is 0 Å². The molecule has 0 bridgehead atoms. The largest absolute Gasteiger partial charge is 0.398 e. The maximum atomic E-state index is 12.6. The van der Waals surface area contributed by atoms with Crippen molar-refractivity contribution in [2.45, 2.75) is 38.6 Å². The molecule has 1 aromatic carbocycles. The molecule has 2 rings (SSSR count). The molecule has 1 amide bonds. The highest BCUT2D eigenvalue weighted by Crippen LogP contribution is 2.24. The van der Waals surface area contributed by atoms with Crippen molar-refractivity contribution in [1.82, 2.24) is 4.90 Å². The molecule has 0 saturated carbocycles. The summed E-state index contributed by atoms with van der Waals surface area (Å²) in [6.07, 6.45) is 3.81. The van der Waals surface area contributed by atoms with E-state index in [2.05, 4.69) is 0 Å². The Balaban J connectivity index is 2.23. The third-order valence-electron chi connectivity index (χ3n) is 3.96. The lowest BCUT2D eigenvalue weighted by Gasteiger charge is -2.36. The Morgan fingerprint density at radius 2 is 2.26 bits per heavy atom. The predicted molar refractivity (Wildman–Crippen MR) is 76.0 cm³/mol. The number of piperidine rings is 1. The van der Waals surface area contributed by atoms with Crippen LogP contribution in [0.15, 0.2) is 18.2 Å². The van der Waals surface area contributed by atoms with E-state index >= 15 is 0 Å². The summed E-state index contributed by atoms with van der Waals surface area (Å²) in [6, 6.07) is 5.62. The molecule has 1 heterocycles. The Labute approximate surface area is 114 Å². The molecule has 3 N–H and O–H groups in total. The van der Waals surface area contributed by atoms with Crippen molar-refractivity contribution in [3.63, 3.8) is 0 Å². The van der Waals surface area contributed by atoms with Crippen LogP contribution in [0.4, 0.5) is 5.69 Å². The van der Waals surface area contributed by atoms with Crippen molar-refractivity contribution < 1.29 is 9.90 Å². The number of hydrogen-bond donors (Lipinski definition) is 2. The molecule has 1 atom stereocenters. The summed E-state index contributed by atoms with van der Waals surface area (Å²) < 4.78 is 0. The van der Waals surface area contributed by atoms with Crippen LogP contribution in [0.5, 0.6) is 0 Å². The Kier molecular flexibility index (Phi) is 4.43. The molecule has 104 valence electrons. The van der Waals surface area contributed by atoms with Gasteiger partial charge in [0.25, 0.3) is 5.91 Å². The number of aliphatic hydroxyl groups excluding tert-OH is 1. The molecule has 4 nitrogen and oxygen atoms in total. The Bertz CT molecular complexity index is 457. The van der Waals surface area contributed by atoms with Crippen LogP contribution in [0, 0.1) is 6.92 Å². The van der Waals surface area contributed by atoms with Crippen LogP contribution in [0.3, 0.4) is 0 Å². The standard InChI is InChI=1S/C15H22N2O2/c1-11-13(6-4-7-14(11)16)15(19)17-9-3-2-5-12(17)8-10-18/h4,6-7,12,18H,2-3,5,8-10,16H2,1H3. The number of carbonyl (C=O) groups excluding carboxylic acids is 1. The van der Waals surface area contributed by atoms with E-state index in [9.17, 15) is 4.79 Å². The Hall–Kier alpha value is -1.55. The number of likely N-dealkylation sites (tertiary alicyclic amines) is 1. The number of hydrogen-bond acceptors (Lipinski definition) is 3. The number of carbonyl (C=O) groups is 1. The van der Waals surface area contributed by atoms with Gasteiger partial charge in [0.05, 0.1) is 0 Å². The first-order chi connectivity index (χ1) is 9.15. The van der Waals surface area contributed by atoms with Crippen LogP contribution in [0.2, 0.25) is 0 Å². The van der Waals surface area contributed by atoms with E-state index in [-0.39, 0.29) is 18.6 Å². The second-order valence-electron chi connectivity index (χ2n) is 5.18. The van der Waals surface area contributed by atoms with Gasteiger partial charge >= 0.3 is 0 Å². The zero-order valence-corrected chi connectivity index (χ0v) is 11.4. The highest BCUT2D eigenvalue weighted by Gasteiger charge is 2.27. The first kappa shape index (κ1) is 13.9. The Morgan fingerprint density at radius 1 is 1.47 bits per heavy atom. The number of aliphatic hydroxyl groups is 1. The summed E-state index contributed by atoms with van der Waals surface area (Å²) >= 11 is 0. The minimum Gasteiger partial charge on any atom is -0.398 e. The van der Waals surface area contributed by atoms with E-state index in [1.165, 1.54) is 0 Å². The zero-order valence-electron chi connectivity index (χ0n) is 11.4. The van der Waals surface area contributed by atoms with Gasteiger partial charge in [0.15, 0.2) is 0 Å². The number of nitrogens with zero attached hydrogens (tertiary/aromatic N) is 1. The monoisotopic (exact) mass is 262 g/mol. The summed E-state index contributed by atoms with van der Waals surface area (Å²) in [5, 5.41) is 9.13. The quantitative estimate of drug-likeness (QED) is 0.818.